The molecule has 2 heterocycles. The van der Waals surface area contributed by atoms with Gasteiger partial charge in [-0.1, -0.05) is 13.8 Å². The van der Waals surface area contributed by atoms with Crippen molar-refractivity contribution in [2.45, 2.75) is 63.7 Å². The monoisotopic (exact) mass is 452 g/mol. The van der Waals surface area contributed by atoms with Gasteiger partial charge in [0.05, 0.1) is 12.1 Å². The summed E-state index contributed by atoms with van der Waals surface area (Å²) in [5, 5.41) is 0. The largest absolute Gasteiger partial charge is 0.490 e. The number of hydrogen-bond donors (Lipinski definition) is 0. The first-order valence-electron chi connectivity index (χ1n) is 11.2. The second-order valence-corrected chi connectivity index (χ2v) is 9.79. The van der Waals surface area contributed by atoms with Gasteiger partial charge >= 0.3 is 0 Å². The van der Waals surface area contributed by atoms with Crippen LogP contribution in [0.4, 0.5) is 0 Å². The smallest absolute Gasteiger partial charge is 0.259 e. The van der Waals surface area contributed by atoms with Gasteiger partial charge < -0.3 is 23.8 Å². The van der Waals surface area contributed by atoms with Crippen LogP contribution in [0.3, 0.4) is 0 Å². The number of amides is 1. The highest BCUT2D eigenvalue weighted by atomic mass is 32.2. The molecule has 2 aliphatic rings. The van der Waals surface area contributed by atoms with Crippen LogP contribution in [0.5, 0.6) is 5.75 Å². The summed E-state index contributed by atoms with van der Waals surface area (Å²) in [5.74, 6) is 3.25. The lowest BCUT2D eigenvalue weighted by atomic mass is 9.79. The van der Waals surface area contributed by atoms with Gasteiger partial charge in [-0.05, 0) is 43.4 Å². The van der Waals surface area contributed by atoms with E-state index in [2.05, 4.69) is 18.8 Å². The Morgan fingerprint density at radius 1 is 1.23 bits per heavy atom. The third-order valence-electron chi connectivity index (χ3n) is 6.22. The summed E-state index contributed by atoms with van der Waals surface area (Å²) in [6.45, 7) is 4.71. The molecule has 1 amide bonds. The van der Waals surface area contributed by atoms with Crippen molar-refractivity contribution >= 4 is 17.7 Å². The molecule has 1 saturated carbocycles. The Morgan fingerprint density at radius 2 is 2.00 bits per heavy atom. The molecule has 0 radical (unpaired) electrons. The number of thioether (sulfide) groups is 1. The van der Waals surface area contributed by atoms with Crippen LogP contribution >= 0.6 is 11.8 Å². The average molecular weight is 453 g/mol. The number of pyridine rings is 1. The van der Waals surface area contributed by atoms with Gasteiger partial charge in [0.15, 0.2) is 5.60 Å². The maximum atomic E-state index is 13.2. The molecule has 1 aliphatic heterocycles. The van der Waals surface area contributed by atoms with E-state index in [0.29, 0.717) is 6.42 Å². The van der Waals surface area contributed by atoms with Crippen molar-refractivity contribution in [3.8, 4) is 5.75 Å². The lowest BCUT2D eigenvalue weighted by molar-refractivity contribution is -0.229. The number of nitrogens with zero attached hydrogens (tertiary/aromatic N) is 2. The molecule has 1 aromatic rings. The standard InChI is InChI=1S/C23H36N2O5S/c1-5-31-14-21-23(29-16-28-4,22(26)25(21)15-27-3)13-18-12-20(10-11-24-18)30-19-8-6-17(2)7-9-19/h10-12,17,19,21H,5-9,13-16H2,1-4H3/t17?,19?,21-,23+/m0/s1. The van der Waals surface area contributed by atoms with Crippen molar-refractivity contribution in [1.82, 2.24) is 9.88 Å². The number of carbonyl (C=O) groups excluding carboxylic acids is 1. The van der Waals surface area contributed by atoms with Crippen molar-refractivity contribution in [3.05, 3.63) is 24.0 Å². The Morgan fingerprint density at radius 3 is 2.68 bits per heavy atom. The molecular weight excluding hydrogens is 416 g/mol. The predicted molar refractivity (Wildman–Crippen MR) is 121 cm³/mol. The number of β-lactam (4-membered cyclic amide) rings is 1. The zero-order valence-corrected chi connectivity index (χ0v) is 20.0. The molecule has 2 fully saturated rings. The molecule has 0 spiro atoms. The Kier molecular flexibility index (Phi) is 9.01. The minimum absolute atomic E-state index is 0.0519. The first-order valence-corrected chi connectivity index (χ1v) is 12.3. The third-order valence-corrected chi connectivity index (χ3v) is 7.18. The maximum Gasteiger partial charge on any atom is 0.259 e. The maximum absolute atomic E-state index is 13.2. The summed E-state index contributed by atoms with van der Waals surface area (Å²) in [5.41, 5.74) is -0.211. The molecule has 1 aromatic heterocycles. The van der Waals surface area contributed by atoms with Crippen LogP contribution in [-0.2, 0) is 25.4 Å². The fourth-order valence-corrected chi connectivity index (χ4v) is 5.36. The molecule has 0 aromatic carbocycles. The normalized spacial score (nSPS) is 28.5. The number of rotatable bonds is 12. The van der Waals surface area contributed by atoms with Gasteiger partial charge in [-0.15, -0.1) is 0 Å². The highest BCUT2D eigenvalue weighted by Crippen LogP contribution is 2.39. The molecule has 0 bridgehead atoms. The third kappa shape index (κ3) is 5.72. The van der Waals surface area contributed by atoms with Crippen LogP contribution in [-0.4, -0.2) is 72.8 Å². The van der Waals surface area contributed by atoms with Crippen molar-refractivity contribution in [3.63, 3.8) is 0 Å². The zero-order chi connectivity index (χ0) is 22.3. The number of hydrogen-bond acceptors (Lipinski definition) is 7. The molecule has 174 valence electrons. The molecule has 8 heteroatoms. The molecule has 0 N–H and O–H groups in total. The second kappa shape index (κ2) is 11.5. The van der Waals surface area contributed by atoms with Gasteiger partial charge in [0.1, 0.15) is 19.3 Å². The van der Waals surface area contributed by atoms with Gasteiger partial charge in [-0.2, -0.15) is 11.8 Å². The predicted octanol–water partition coefficient (Wildman–Crippen LogP) is 3.51. The van der Waals surface area contributed by atoms with Crippen molar-refractivity contribution in [2.75, 3.05) is 39.2 Å². The van der Waals surface area contributed by atoms with Crippen LogP contribution in [0.2, 0.25) is 0 Å². The molecule has 7 nitrogen and oxygen atoms in total. The van der Waals surface area contributed by atoms with Crippen LogP contribution in [0.25, 0.3) is 0 Å². The number of likely N-dealkylation sites (tertiary alicyclic amines) is 1. The summed E-state index contributed by atoms with van der Waals surface area (Å²) >= 11 is 1.78. The molecule has 31 heavy (non-hydrogen) atoms. The summed E-state index contributed by atoms with van der Waals surface area (Å²) in [4.78, 5) is 19.5. The lowest BCUT2D eigenvalue weighted by Gasteiger charge is -2.54. The molecule has 1 saturated heterocycles. The zero-order valence-electron chi connectivity index (χ0n) is 19.2. The number of ether oxygens (including phenoxy) is 4. The van der Waals surface area contributed by atoms with Crippen molar-refractivity contribution in [1.29, 1.82) is 0 Å². The first kappa shape index (κ1) is 24.3. The topological polar surface area (TPSA) is 70.1 Å². The average Bonchev–Trinajstić information content (AvgIpc) is 2.78. The van der Waals surface area contributed by atoms with E-state index < -0.39 is 5.60 Å². The van der Waals surface area contributed by atoms with Crippen LogP contribution < -0.4 is 4.74 Å². The van der Waals surface area contributed by atoms with E-state index in [9.17, 15) is 4.79 Å². The molecular formula is C23H36N2O5S. The van der Waals surface area contributed by atoms with Crippen LogP contribution in [0.15, 0.2) is 18.3 Å². The second-order valence-electron chi connectivity index (χ2n) is 8.47. The highest BCUT2D eigenvalue weighted by Gasteiger charge is 2.61. The van der Waals surface area contributed by atoms with Gasteiger partial charge in [-0.25, -0.2) is 0 Å². The molecule has 3 rings (SSSR count). The summed E-state index contributed by atoms with van der Waals surface area (Å²) in [7, 11) is 3.17. The van der Waals surface area contributed by atoms with Crippen molar-refractivity contribution < 1.29 is 23.7 Å². The molecule has 2 atom stereocenters. The number of carbonyl (C=O) groups is 1. The highest BCUT2D eigenvalue weighted by molar-refractivity contribution is 7.99. The van der Waals surface area contributed by atoms with Crippen LogP contribution in [0.1, 0.15) is 45.2 Å². The number of methoxy groups -OCH3 is 2. The summed E-state index contributed by atoms with van der Waals surface area (Å²) < 4.78 is 22.7. The molecule has 0 unspecified atom stereocenters. The van der Waals surface area contributed by atoms with Gasteiger partial charge in [-0.3, -0.25) is 9.78 Å². The number of aromatic nitrogens is 1. The van der Waals surface area contributed by atoms with Gasteiger partial charge in [0, 0.05) is 44.4 Å². The van der Waals surface area contributed by atoms with E-state index in [-0.39, 0.29) is 31.6 Å². The van der Waals surface area contributed by atoms with E-state index in [1.165, 1.54) is 12.8 Å². The summed E-state index contributed by atoms with van der Waals surface area (Å²) in [6.07, 6.45) is 6.96. The minimum atomic E-state index is -0.997. The summed E-state index contributed by atoms with van der Waals surface area (Å²) in [6, 6.07) is 3.74. The fourth-order valence-electron chi connectivity index (χ4n) is 4.46. The first-order chi connectivity index (χ1) is 15.0. The van der Waals surface area contributed by atoms with Crippen molar-refractivity contribution in [2.24, 2.45) is 5.92 Å². The Bertz CT molecular complexity index is 713. The van der Waals surface area contributed by atoms with E-state index in [1.807, 2.05) is 12.1 Å². The minimum Gasteiger partial charge on any atom is -0.490 e. The lowest BCUT2D eigenvalue weighted by Crippen LogP contribution is -2.77. The Hall–Kier alpha value is -1.35. The SMILES string of the molecule is CCSC[C@@H]1N(COC)C(=O)[C@]1(Cc1cc(OC2CCC(C)CC2)ccn1)OCOC. The van der Waals surface area contributed by atoms with Gasteiger partial charge in [0.25, 0.3) is 5.91 Å². The van der Waals surface area contributed by atoms with E-state index >= 15 is 0 Å². The molecule has 1 aliphatic carbocycles. The Balaban J connectivity index is 1.76. The Labute approximate surface area is 190 Å². The van der Waals surface area contributed by atoms with E-state index in [1.54, 1.807) is 37.1 Å². The van der Waals surface area contributed by atoms with E-state index in [0.717, 1.165) is 41.7 Å². The van der Waals surface area contributed by atoms with E-state index in [4.69, 9.17) is 18.9 Å². The van der Waals surface area contributed by atoms with Gasteiger partial charge in [0.2, 0.25) is 0 Å². The quantitative estimate of drug-likeness (QED) is 0.355. The van der Waals surface area contributed by atoms with Crippen LogP contribution in [0, 0.1) is 5.92 Å². The fraction of sp³-hybridized carbons (Fsp3) is 0.739.